The van der Waals surface area contributed by atoms with Gasteiger partial charge in [-0.05, 0) is 32.2 Å². The fourth-order valence-corrected chi connectivity index (χ4v) is 4.66. The molecule has 0 rings (SSSR count). The summed E-state index contributed by atoms with van der Waals surface area (Å²) < 4.78 is 10.7. The van der Waals surface area contributed by atoms with Gasteiger partial charge in [-0.3, -0.25) is 24.0 Å². The van der Waals surface area contributed by atoms with Crippen LogP contribution in [-0.2, 0) is 33.4 Å². The zero-order valence-electron chi connectivity index (χ0n) is 25.2. The van der Waals surface area contributed by atoms with Gasteiger partial charge in [0.05, 0.1) is 25.6 Å². The molecule has 0 spiro atoms. The third-order valence-electron chi connectivity index (χ3n) is 6.18. The molecule has 244 valence electrons. The van der Waals surface area contributed by atoms with Crippen LogP contribution in [0.3, 0.4) is 0 Å². The first-order valence-corrected chi connectivity index (χ1v) is 16.1. The summed E-state index contributed by atoms with van der Waals surface area (Å²) in [4.78, 5) is 58.1. The Kier molecular flexibility index (Phi) is 25.8. The number of aliphatic carboxylic acids is 1. The number of rotatable bonds is 29. The molecule has 0 heterocycles. The zero-order chi connectivity index (χ0) is 31.4. The minimum atomic E-state index is -0.740. The van der Waals surface area contributed by atoms with Crippen LogP contribution in [0.1, 0.15) is 77.6 Å². The van der Waals surface area contributed by atoms with Crippen LogP contribution in [0.4, 0.5) is 0 Å². The highest BCUT2D eigenvalue weighted by molar-refractivity contribution is 7.99. The van der Waals surface area contributed by atoms with Crippen molar-refractivity contribution in [1.82, 2.24) is 16.0 Å². The van der Waals surface area contributed by atoms with Gasteiger partial charge in [0, 0.05) is 31.2 Å². The van der Waals surface area contributed by atoms with Crippen LogP contribution in [0.25, 0.3) is 0 Å². The van der Waals surface area contributed by atoms with E-state index in [2.05, 4.69) is 16.0 Å². The molecular weight excluding hydrogens is 566 g/mol. The van der Waals surface area contributed by atoms with Crippen molar-refractivity contribution in [2.24, 2.45) is 17.4 Å². The van der Waals surface area contributed by atoms with E-state index in [0.717, 1.165) is 51.4 Å². The molecule has 2 atom stereocenters. The van der Waals surface area contributed by atoms with Crippen LogP contribution in [0.15, 0.2) is 0 Å². The van der Waals surface area contributed by atoms with E-state index in [-0.39, 0.29) is 49.7 Å². The molecule has 0 aromatic rings. The number of ether oxygens (including phenoxy) is 2. The van der Waals surface area contributed by atoms with Crippen LogP contribution < -0.4 is 27.4 Å². The molecule has 0 fully saturated rings. The van der Waals surface area contributed by atoms with E-state index in [9.17, 15) is 24.0 Å². The zero-order valence-corrected chi connectivity index (χ0v) is 26.0. The maximum absolute atomic E-state index is 12.6. The Balaban J connectivity index is 3.93. The molecule has 0 aromatic heterocycles. The van der Waals surface area contributed by atoms with Crippen molar-refractivity contribution < 1.29 is 38.6 Å². The molecule has 0 aromatic carbocycles. The molecule has 0 saturated heterocycles. The number of carboxylic acid groups (broad SMARTS) is 1. The van der Waals surface area contributed by atoms with Crippen LogP contribution in [0.2, 0.25) is 0 Å². The summed E-state index contributed by atoms with van der Waals surface area (Å²) in [6.45, 7) is 3.57. The first kappa shape index (κ1) is 39.6. The molecule has 13 nitrogen and oxygen atoms in total. The fraction of sp³-hybridized carbons (Fsp3) is 0.821. The van der Waals surface area contributed by atoms with Crippen LogP contribution >= 0.6 is 11.8 Å². The summed E-state index contributed by atoms with van der Waals surface area (Å²) in [5.74, 6) is -1.48. The number of carbonyl (C=O) groups is 5. The lowest BCUT2D eigenvalue weighted by molar-refractivity contribution is -0.137. The van der Waals surface area contributed by atoms with Crippen molar-refractivity contribution in [2.45, 2.75) is 83.6 Å². The maximum atomic E-state index is 12.6. The van der Waals surface area contributed by atoms with Gasteiger partial charge in [-0.15, -0.1) is 0 Å². The van der Waals surface area contributed by atoms with Crippen molar-refractivity contribution in [3.8, 4) is 0 Å². The molecule has 8 N–H and O–H groups in total. The molecule has 0 unspecified atom stereocenters. The van der Waals surface area contributed by atoms with Crippen molar-refractivity contribution in [3.05, 3.63) is 0 Å². The number of nitrogens with two attached hydrogens (primary N) is 2. The van der Waals surface area contributed by atoms with E-state index in [1.807, 2.05) is 0 Å². The standard InChI is InChI=1S/C28H53N5O8S/c1-22(20-42-21-24(30)34)27(38)32-15-16-40-17-18-41-19-25(35)33-23(11-10-13-29)28(39)31-14-9-7-5-3-2-4-6-8-12-26(36)37/h22-23H,2-21,29H2,1H3,(H2,30,34)(H,31,39)(H,32,38)(H,33,35)(H,36,37)/t22-,23-/m0/s1. The van der Waals surface area contributed by atoms with Gasteiger partial charge in [0.25, 0.3) is 0 Å². The number of primary amides is 1. The first-order valence-electron chi connectivity index (χ1n) is 15.0. The Labute approximate surface area is 254 Å². The highest BCUT2D eigenvalue weighted by atomic mass is 32.2. The number of unbranched alkanes of at least 4 members (excludes halogenated alkanes) is 7. The SMILES string of the molecule is C[C@@H](CSCC(N)=O)C(=O)NCCOCCOCC(=O)N[C@@H](CCCN)C(=O)NCCCCCCCCCCC(=O)O. The molecular formula is C28H53N5O8S. The lowest BCUT2D eigenvalue weighted by Gasteiger charge is -2.18. The van der Waals surface area contributed by atoms with E-state index in [1.165, 1.54) is 11.8 Å². The molecule has 42 heavy (non-hydrogen) atoms. The molecule has 0 bridgehead atoms. The van der Waals surface area contributed by atoms with Gasteiger partial charge >= 0.3 is 5.97 Å². The molecule has 4 amide bonds. The number of hydrogen-bond acceptors (Lipinski definition) is 9. The second kappa shape index (κ2) is 27.4. The summed E-state index contributed by atoms with van der Waals surface area (Å²) >= 11 is 1.32. The summed E-state index contributed by atoms with van der Waals surface area (Å²) in [6, 6.07) is -0.674. The average molecular weight is 620 g/mol. The lowest BCUT2D eigenvalue weighted by Crippen LogP contribution is -2.48. The molecule has 0 saturated carbocycles. The van der Waals surface area contributed by atoms with E-state index in [4.69, 9.17) is 26.0 Å². The van der Waals surface area contributed by atoms with Crippen molar-refractivity contribution in [1.29, 1.82) is 0 Å². The lowest BCUT2D eigenvalue weighted by atomic mass is 10.1. The second-order valence-electron chi connectivity index (χ2n) is 10.2. The first-order chi connectivity index (χ1) is 20.2. The Morgan fingerprint density at radius 2 is 1.43 bits per heavy atom. The van der Waals surface area contributed by atoms with E-state index in [0.29, 0.717) is 44.8 Å². The molecule has 0 aliphatic carbocycles. The van der Waals surface area contributed by atoms with Gasteiger partial charge in [0.1, 0.15) is 12.6 Å². The summed E-state index contributed by atoms with van der Waals surface area (Å²) in [7, 11) is 0. The van der Waals surface area contributed by atoms with Crippen LogP contribution in [0.5, 0.6) is 0 Å². The van der Waals surface area contributed by atoms with E-state index in [1.54, 1.807) is 6.92 Å². The summed E-state index contributed by atoms with van der Waals surface area (Å²) in [5.41, 5.74) is 10.7. The Hall–Kier alpha value is -2.42. The monoisotopic (exact) mass is 619 g/mol. The predicted octanol–water partition coefficient (Wildman–Crippen LogP) is 0.926. The fourth-order valence-electron chi connectivity index (χ4n) is 3.84. The number of hydrogen-bond donors (Lipinski definition) is 6. The molecule has 14 heteroatoms. The number of nitrogens with one attached hydrogen (secondary N) is 3. The largest absolute Gasteiger partial charge is 0.481 e. The maximum Gasteiger partial charge on any atom is 0.303 e. The van der Waals surface area contributed by atoms with Gasteiger partial charge in [-0.2, -0.15) is 11.8 Å². The van der Waals surface area contributed by atoms with Crippen LogP contribution in [0, 0.1) is 5.92 Å². The van der Waals surface area contributed by atoms with Crippen molar-refractivity contribution in [3.63, 3.8) is 0 Å². The number of carbonyl (C=O) groups excluding carboxylic acids is 4. The van der Waals surface area contributed by atoms with Gasteiger partial charge in [-0.1, -0.05) is 45.4 Å². The highest BCUT2D eigenvalue weighted by Crippen LogP contribution is 2.10. The number of amides is 4. The van der Waals surface area contributed by atoms with E-state index < -0.39 is 23.8 Å². The van der Waals surface area contributed by atoms with E-state index >= 15 is 0 Å². The molecule has 0 radical (unpaired) electrons. The Bertz CT molecular complexity index is 775. The average Bonchev–Trinajstić information content (AvgIpc) is 2.94. The minimum absolute atomic E-state index is 0.130. The summed E-state index contributed by atoms with van der Waals surface area (Å²) in [5, 5.41) is 17.0. The Morgan fingerprint density at radius 3 is 2.07 bits per heavy atom. The van der Waals surface area contributed by atoms with Gasteiger partial charge in [0.15, 0.2) is 0 Å². The highest BCUT2D eigenvalue weighted by Gasteiger charge is 2.20. The summed E-state index contributed by atoms with van der Waals surface area (Å²) in [6.07, 6.45) is 9.09. The van der Waals surface area contributed by atoms with Gasteiger partial charge < -0.3 is 42.0 Å². The van der Waals surface area contributed by atoms with Crippen molar-refractivity contribution >= 4 is 41.4 Å². The van der Waals surface area contributed by atoms with Crippen LogP contribution in [-0.4, -0.2) is 98.3 Å². The van der Waals surface area contributed by atoms with Crippen molar-refractivity contribution in [2.75, 3.05) is 57.6 Å². The van der Waals surface area contributed by atoms with Gasteiger partial charge in [-0.25, -0.2) is 0 Å². The quantitative estimate of drug-likeness (QED) is 0.0652. The predicted molar refractivity (Wildman–Crippen MR) is 163 cm³/mol. The third-order valence-corrected chi connectivity index (χ3v) is 7.40. The molecule has 0 aliphatic heterocycles. The smallest absolute Gasteiger partial charge is 0.303 e. The normalized spacial score (nSPS) is 12.3. The van der Waals surface area contributed by atoms with Gasteiger partial charge in [0.2, 0.25) is 23.6 Å². The second-order valence-corrected chi connectivity index (χ2v) is 11.2. The Morgan fingerprint density at radius 1 is 0.810 bits per heavy atom. The minimum Gasteiger partial charge on any atom is -0.481 e. The topological polar surface area (TPSA) is 212 Å². The third kappa shape index (κ3) is 25.3. The number of thioether (sulfide) groups is 1. The molecule has 0 aliphatic rings. The number of carboxylic acids is 1.